The van der Waals surface area contributed by atoms with Crippen LogP contribution in [-0.4, -0.2) is 11.2 Å². The fourth-order valence-corrected chi connectivity index (χ4v) is 7.42. The minimum atomic E-state index is 0.0340. The number of hydrogen-bond donors (Lipinski definition) is 0. The van der Waals surface area contributed by atoms with Crippen molar-refractivity contribution in [3.63, 3.8) is 0 Å². The second-order valence-electron chi connectivity index (χ2n) is 11.3. The van der Waals surface area contributed by atoms with Crippen molar-refractivity contribution in [3.05, 3.63) is 125 Å². The van der Waals surface area contributed by atoms with Crippen molar-refractivity contribution in [1.82, 2.24) is 4.57 Å². The Morgan fingerprint density at radius 2 is 0.976 bits per heavy atom. The predicted molar refractivity (Wildman–Crippen MR) is 178 cm³/mol. The van der Waals surface area contributed by atoms with E-state index >= 15 is 0 Å². The molecule has 0 atom stereocenters. The highest BCUT2D eigenvalue weighted by atomic mass is 16.1. The minimum Gasteiger partial charge on any atom is -0.322 e. The average molecular weight is 542 g/mol. The molecule has 9 rings (SSSR count). The quantitative estimate of drug-likeness (QED) is 0.166. The molecule has 4 nitrogen and oxygen atoms in total. The second kappa shape index (κ2) is 8.34. The van der Waals surface area contributed by atoms with Crippen LogP contribution in [0.15, 0.2) is 114 Å². The Morgan fingerprint density at radius 3 is 1.50 bits per heavy atom. The molecule has 8 aromatic rings. The van der Waals surface area contributed by atoms with E-state index in [0.29, 0.717) is 13.2 Å². The number of nitrogens with zero attached hydrogens (tertiary/aromatic N) is 3. The molecule has 0 radical (unpaired) electrons. The Labute approximate surface area is 242 Å². The molecule has 200 valence electrons. The van der Waals surface area contributed by atoms with E-state index < -0.39 is 0 Å². The molecule has 1 aromatic heterocycles. The summed E-state index contributed by atoms with van der Waals surface area (Å²) >= 11 is 0. The number of hydrogen-bond acceptors (Lipinski definition) is 3. The largest absolute Gasteiger partial charge is 0.322 e. The summed E-state index contributed by atoms with van der Waals surface area (Å²) in [4.78, 5) is 18.4. The van der Waals surface area contributed by atoms with Gasteiger partial charge in [0.05, 0.1) is 18.0 Å². The van der Waals surface area contributed by atoms with Crippen molar-refractivity contribution in [2.45, 2.75) is 13.5 Å². The molecule has 0 bridgehead atoms. The Hall–Kier alpha value is -5.35. The summed E-state index contributed by atoms with van der Waals surface area (Å²) in [6.45, 7) is 7.66. The summed E-state index contributed by atoms with van der Waals surface area (Å²) in [5, 5.41) is 12.1. The maximum Gasteiger partial charge on any atom is 0.258 e. The van der Waals surface area contributed by atoms with Gasteiger partial charge in [0.15, 0.2) is 0 Å². The van der Waals surface area contributed by atoms with Crippen molar-refractivity contribution in [1.29, 1.82) is 0 Å². The Bertz CT molecular complexity index is 2300. The molecule has 2 heterocycles. The van der Waals surface area contributed by atoms with Gasteiger partial charge in [-0.3, -0.25) is 4.79 Å². The highest BCUT2D eigenvalue weighted by molar-refractivity contribution is 6.38. The van der Waals surface area contributed by atoms with Gasteiger partial charge in [-0.25, -0.2) is 0 Å². The third-order valence-electron chi connectivity index (χ3n) is 9.29. The van der Waals surface area contributed by atoms with Crippen LogP contribution in [0.2, 0.25) is 0 Å². The Balaban J connectivity index is 1.46. The molecule has 0 fully saturated rings. The third-order valence-corrected chi connectivity index (χ3v) is 9.29. The van der Waals surface area contributed by atoms with E-state index in [9.17, 15) is 4.79 Å². The van der Waals surface area contributed by atoms with Crippen LogP contribution >= 0.6 is 0 Å². The van der Waals surface area contributed by atoms with Gasteiger partial charge in [-0.15, -0.1) is 0 Å². The molecule has 0 spiro atoms. The maximum atomic E-state index is 13.5. The van der Waals surface area contributed by atoms with Gasteiger partial charge < -0.3 is 14.4 Å². The highest BCUT2D eigenvalue weighted by Crippen LogP contribution is 2.51. The van der Waals surface area contributed by atoms with Gasteiger partial charge in [0.25, 0.3) is 5.56 Å². The summed E-state index contributed by atoms with van der Waals surface area (Å²) in [7, 11) is 0. The molecule has 0 saturated carbocycles. The zero-order valence-corrected chi connectivity index (χ0v) is 23.3. The van der Waals surface area contributed by atoms with Crippen LogP contribution in [0.4, 0.5) is 22.7 Å². The van der Waals surface area contributed by atoms with Crippen LogP contribution in [-0.2, 0) is 6.54 Å². The van der Waals surface area contributed by atoms with E-state index in [1.807, 2.05) is 13.0 Å². The summed E-state index contributed by atoms with van der Waals surface area (Å²) in [6, 6.07) is 39.0. The normalized spacial score (nSPS) is 13.5. The molecular weight excluding hydrogens is 514 g/mol. The number of benzene rings is 7. The van der Waals surface area contributed by atoms with Gasteiger partial charge >= 0.3 is 0 Å². The molecule has 0 aliphatic carbocycles. The SMILES string of the molecule is C=c1c2ccc3c4ccc5c6c(ccc(c7ccc(c(=O)n1CC)c2c37)c64)N(c1ccccc1)CN5c1ccccc1. The average Bonchev–Trinajstić information content (AvgIpc) is 3.05. The van der Waals surface area contributed by atoms with Gasteiger partial charge in [0, 0.05) is 50.2 Å². The number of para-hydroxylation sites is 2. The lowest BCUT2D eigenvalue weighted by atomic mass is 9.86. The van der Waals surface area contributed by atoms with Crippen molar-refractivity contribution >= 4 is 83.2 Å². The van der Waals surface area contributed by atoms with Crippen LogP contribution in [0, 0.1) is 0 Å². The summed E-state index contributed by atoms with van der Waals surface area (Å²) in [5.74, 6) is 0. The fraction of sp³-hybridized carbons (Fsp3) is 0.0789. The number of fused-ring (bicyclic) bond motifs is 2. The molecular formula is C38H27N3O. The van der Waals surface area contributed by atoms with Crippen LogP contribution in [0.5, 0.6) is 0 Å². The van der Waals surface area contributed by atoms with E-state index in [1.165, 1.54) is 43.7 Å². The topological polar surface area (TPSA) is 28.5 Å². The molecule has 0 amide bonds. The van der Waals surface area contributed by atoms with Crippen LogP contribution in [0.25, 0.3) is 60.4 Å². The van der Waals surface area contributed by atoms with Crippen LogP contribution in [0.3, 0.4) is 0 Å². The van der Waals surface area contributed by atoms with Gasteiger partial charge in [-0.1, -0.05) is 73.3 Å². The lowest BCUT2D eigenvalue weighted by molar-refractivity contribution is 0.717. The van der Waals surface area contributed by atoms with E-state index in [-0.39, 0.29) is 5.56 Å². The maximum absolute atomic E-state index is 13.5. The first-order valence-corrected chi connectivity index (χ1v) is 14.5. The number of pyridine rings is 1. The number of aromatic nitrogens is 1. The number of anilines is 4. The lowest BCUT2D eigenvalue weighted by Gasteiger charge is -2.40. The first-order chi connectivity index (χ1) is 20.7. The molecule has 4 heteroatoms. The van der Waals surface area contributed by atoms with Gasteiger partial charge in [0.2, 0.25) is 0 Å². The summed E-state index contributed by atoms with van der Waals surface area (Å²) in [6.07, 6.45) is 0. The summed E-state index contributed by atoms with van der Waals surface area (Å²) in [5.41, 5.74) is 4.78. The van der Waals surface area contributed by atoms with Crippen molar-refractivity contribution in [3.8, 4) is 0 Å². The first kappa shape index (κ1) is 23.4. The standard InChI is InChI=1S/C38H27N3O/c1-3-39-23(2)26-14-15-27-29-18-20-32-37-33(21-19-30(36(29)37)28-16-17-31(38(39)42)34(26)35(27)28)41(25-12-8-5-9-13-25)22-40(32)24-10-6-4-7-11-24/h4-21H,2-3,22H2,1H3. The smallest absolute Gasteiger partial charge is 0.258 e. The predicted octanol–water partition coefficient (Wildman–Crippen LogP) is 8.45. The van der Waals surface area contributed by atoms with E-state index in [0.717, 1.165) is 38.3 Å². The Kier molecular flexibility index (Phi) is 4.64. The molecule has 1 aliphatic heterocycles. The zero-order valence-electron chi connectivity index (χ0n) is 23.3. The molecule has 0 N–H and O–H groups in total. The highest BCUT2D eigenvalue weighted by Gasteiger charge is 2.29. The molecule has 42 heavy (non-hydrogen) atoms. The molecule has 0 unspecified atom stereocenters. The van der Waals surface area contributed by atoms with Gasteiger partial charge in [0.1, 0.15) is 0 Å². The second-order valence-corrected chi connectivity index (χ2v) is 11.3. The Morgan fingerprint density at radius 1 is 0.548 bits per heavy atom. The third kappa shape index (κ3) is 2.88. The fourth-order valence-electron chi connectivity index (χ4n) is 7.42. The van der Waals surface area contributed by atoms with Crippen molar-refractivity contribution in [2.24, 2.45) is 0 Å². The first-order valence-electron chi connectivity index (χ1n) is 14.5. The van der Waals surface area contributed by atoms with Gasteiger partial charge in [-0.05, 0) is 76.3 Å². The van der Waals surface area contributed by atoms with Crippen LogP contribution in [0.1, 0.15) is 6.92 Å². The van der Waals surface area contributed by atoms with Gasteiger partial charge in [-0.2, -0.15) is 0 Å². The summed E-state index contributed by atoms with van der Waals surface area (Å²) < 4.78 is 1.79. The number of rotatable bonds is 3. The monoisotopic (exact) mass is 541 g/mol. The van der Waals surface area contributed by atoms with E-state index in [1.54, 1.807) is 4.57 Å². The van der Waals surface area contributed by atoms with E-state index in [4.69, 9.17) is 0 Å². The molecule has 7 aromatic carbocycles. The van der Waals surface area contributed by atoms with Crippen molar-refractivity contribution in [2.75, 3.05) is 16.5 Å². The van der Waals surface area contributed by atoms with Crippen molar-refractivity contribution < 1.29 is 0 Å². The zero-order chi connectivity index (χ0) is 28.1. The molecule has 1 aliphatic rings. The lowest BCUT2D eigenvalue weighted by Crippen LogP contribution is -2.35. The van der Waals surface area contributed by atoms with Crippen LogP contribution < -0.4 is 20.7 Å². The van der Waals surface area contributed by atoms with E-state index in [2.05, 4.69) is 120 Å². The molecule has 0 saturated heterocycles. The minimum absolute atomic E-state index is 0.0340.